The molecule has 0 radical (unpaired) electrons. The number of carbonyl (C=O) groups is 1. The summed E-state index contributed by atoms with van der Waals surface area (Å²) in [7, 11) is 0. The van der Waals surface area contributed by atoms with Gasteiger partial charge < -0.3 is 4.74 Å². The molecule has 0 aliphatic carbocycles. The number of hydrogen-bond acceptors (Lipinski definition) is 4. The number of nitro groups is 1. The molecule has 0 amide bonds. The third-order valence-corrected chi connectivity index (χ3v) is 3.13. The Labute approximate surface area is 126 Å². The first kappa shape index (κ1) is 15.6. The molecule has 5 nitrogen and oxygen atoms in total. The van der Waals surface area contributed by atoms with E-state index in [0.29, 0.717) is 5.56 Å². The average molecular weight is 303 g/mol. The first-order valence-electron chi connectivity index (χ1n) is 6.60. The Morgan fingerprint density at radius 3 is 2.45 bits per heavy atom. The van der Waals surface area contributed by atoms with Gasteiger partial charge >= 0.3 is 5.69 Å². The minimum atomic E-state index is -0.969. The van der Waals surface area contributed by atoms with Gasteiger partial charge in [0.25, 0.3) is 0 Å². The Balaban J connectivity index is 2.23. The summed E-state index contributed by atoms with van der Waals surface area (Å²) >= 11 is 0. The van der Waals surface area contributed by atoms with Crippen molar-refractivity contribution in [3.8, 4) is 5.75 Å². The number of nitro benzene ring substituents is 1. The largest absolute Gasteiger partial charge is 0.475 e. The SMILES string of the molecule is Cc1ccc(C(=O)[C@H](C)Oc2cc(F)ccc2[N+](=O)[O-])cc1. The van der Waals surface area contributed by atoms with Crippen LogP contribution in [0.1, 0.15) is 22.8 Å². The van der Waals surface area contributed by atoms with Gasteiger partial charge in [-0.1, -0.05) is 29.8 Å². The molecule has 0 aromatic heterocycles. The molecule has 22 heavy (non-hydrogen) atoms. The summed E-state index contributed by atoms with van der Waals surface area (Å²) < 4.78 is 18.5. The number of hydrogen-bond donors (Lipinski definition) is 0. The first-order chi connectivity index (χ1) is 10.4. The van der Waals surface area contributed by atoms with Crippen LogP contribution in [0.15, 0.2) is 42.5 Å². The summed E-state index contributed by atoms with van der Waals surface area (Å²) in [5.41, 5.74) is 1.05. The zero-order valence-electron chi connectivity index (χ0n) is 12.1. The molecule has 114 valence electrons. The maximum atomic E-state index is 13.2. The van der Waals surface area contributed by atoms with Gasteiger partial charge in [0.2, 0.25) is 11.5 Å². The topological polar surface area (TPSA) is 69.4 Å². The summed E-state index contributed by atoms with van der Waals surface area (Å²) in [5, 5.41) is 10.9. The second-order valence-electron chi connectivity index (χ2n) is 4.86. The molecular weight excluding hydrogens is 289 g/mol. The molecule has 1 atom stereocenters. The van der Waals surface area contributed by atoms with Gasteiger partial charge in [-0.15, -0.1) is 0 Å². The fourth-order valence-corrected chi connectivity index (χ4v) is 1.93. The van der Waals surface area contributed by atoms with Crippen LogP contribution in [0, 0.1) is 22.9 Å². The van der Waals surface area contributed by atoms with E-state index in [4.69, 9.17) is 4.74 Å². The molecule has 0 heterocycles. The summed E-state index contributed by atoms with van der Waals surface area (Å²) in [4.78, 5) is 22.5. The molecule has 2 aromatic rings. The fraction of sp³-hybridized carbons (Fsp3) is 0.188. The van der Waals surface area contributed by atoms with Crippen molar-refractivity contribution in [1.29, 1.82) is 0 Å². The number of rotatable bonds is 5. The number of benzene rings is 2. The van der Waals surface area contributed by atoms with Gasteiger partial charge in [0.05, 0.1) is 4.92 Å². The number of carbonyl (C=O) groups excluding carboxylic acids is 1. The van der Waals surface area contributed by atoms with Gasteiger partial charge in [0, 0.05) is 17.7 Å². The molecule has 0 saturated carbocycles. The number of nitrogens with zero attached hydrogens (tertiary/aromatic N) is 1. The molecule has 2 aromatic carbocycles. The molecular formula is C16H14FNO4. The number of ketones is 1. The van der Waals surface area contributed by atoms with E-state index in [0.717, 1.165) is 23.8 Å². The molecule has 0 fully saturated rings. The third kappa shape index (κ3) is 3.46. The van der Waals surface area contributed by atoms with Crippen molar-refractivity contribution >= 4 is 11.5 Å². The zero-order chi connectivity index (χ0) is 16.3. The van der Waals surface area contributed by atoms with E-state index >= 15 is 0 Å². The lowest BCUT2D eigenvalue weighted by Crippen LogP contribution is -2.24. The number of Topliss-reactive ketones (excluding diaryl/α,β-unsaturated/α-hetero) is 1. The molecule has 0 spiro atoms. The summed E-state index contributed by atoms with van der Waals surface area (Å²) in [6.45, 7) is 3.36. The second-order valence-corrected chi connectivity index (χ2v) is 4.86. The second kappa shape index (κ2) is 6.34. The molecule has 0 aliphatic heterocycles. The number of halogens is 1. The summed E-state index contributed by atoms with van der Waals surface area (Å²) in [6, 6.07) is 9.74. The quantitative estimate of drug-likeness (QED) is 0.480. The lowest BCUT2D eigenvalue weighted by molar-refractivity contribution is -0.386. The Hall–Kier alpha value is -2.76. The van der Waals surface area contributed by atoms with Crippen molar-refractivity contribution < 1.29 is 18.8 Å². The molecule has 0 aliphatic rings. The van der Waals surface area contributed by atoms with Crippen LogP contribution in [0.4, 0.5) is 10.1 Å². The standard InChI is InChI=1S/C16H14FNO4/c1-10-3-5-12(6-4-10)16(19)11(2)22-15-9-13(17)7-8-14(15)18(20)21/h3-9,11H,1-2H3/t11-/m0/s1. The van der Waals surface area contributed by atoms with Crippen LogP contribution in [0.3, 0.4) is 0 Å². The predicted octanol–water partition coefficient (Wildman–Crippen LogP) is 3.69. The Morgan fingerprint density at radius 1 is 1.23 bits per heavy atom. The van der Waals surface area contributed by atoms with E-state index in [1.165, 1.54) is 6.92 Å². The third-order valence-electron chi connectivity index (χ3n) is 3.13. The lowest BCUT2D eigenvalue weighted by Gasteiger charge is -2.14. The highest BCUT2D eigenvalue weighted by Gasteiger charge is 2.22. The first-order valence-corrected chi connectivity index (χ1v) is 6.60. The van der Waals surface area contributed by atoms with Gasteiger partial charge in [-0.05, 0) is 19.9 Å². The van der Waals surface area contributed by atoms with Gasteiger partial charge in [-0.2, -0.15) is 0 Å². The van der Waals surface area contributed by atoms with Crippen LogP contribution in [0.5, 0.6) is 5.75 Å². The fourth-order valence-electron chi connectivity index (χ4n) is 1.93. The number of aryl methyl sites for hydroxylation is 1. The molecule has 0 bridgehead atoms. The van der Waals surface area contributed by atoms with Crippen LogP contribution in [-0.4, -0.2) is 16.8 Å². The molecule has 0 saturated heterocycles. The normalized spacial score (nSPS) is 11.8. The maximum absolute atomic E-state index is 13.2. The Morgan fingerprint density at radius 2 is 1.86 bits per heavy atom. The summed E-state index contributed by atoms with van der Waals surface area (Å²) in [5.74, 6) is -1.27. The van der Waals surface area contributed by atoms with Crippen LogP contribution in [0.2, 0.25) is 0 Å². The highest BCUT2D eigenvalue weighted by Crippen LogP contribution is 2.28. The van der Waals surface area contributed by atoms with Gasteiger partial charge in [-0.25, -0.2) is 4.39 Å². The highest BCUT2D eigenvalue weighted by atomic mass is 19.1. The summed E-state index contributed by atoms with van der Waals surface area (Å²) in [6.07, 6.45) is -0.969. The monoisotopic (exact) mass is 303 g/mol. The van der Waals surface area contributed by atoms with Crippen molar-refractivity contribution in [2.75, 3.05) is 0 Å². The zero-order valence-corrected chi connectivity index (χ0v) is 12.1. The van der Waals surface area contributed by atoms with Crippen molar-refractivity contribution in [1.82, 2.24) is 0 Å². The van der Waals surface area contributed by atoms with E-state index in [1.807, 2.05) is 6.92 Å². The minimum absolute atomic E-state index is 0.266. The molecule has 6 heteroatoms. The van der Waals surface area contributed by atoms with E-state index in [-0.39, 0.29) is 17.2 Å². The van der Waals surface area contributed by atoms with Crippen LogP contribution in [-0.2, 0) is 0 Å². The van der Waals surface area contributed by atoms with Crippen LogP contribution >= 0.6 is 0 Å². The van der Waals surface area contributed by atoms with Gasteiger partial charge in [0.1, 0.15) is 5.82 Å². The van der Waals surface area contributed by atoms with Crippen molar-refractivity contribution in [2.45, 2.75) is 20.0 Å². The van der Waals surface area contributed by atoms with E-state index < -0.39 is 16.8 Å². The average Bonchev–Trinajstić information content (AvgIpc) is 2.47. The smallest absolute Gasteiger partial charge is 0.311 e. The van der Waals surface area contributed by atoms with Crippen LogP contribution < -0.4 is 4.74 Å². The van der Waals surface area contributed by atoms with Crippen molar-refractivity contribution in [3.05, 3.63) is 69.5 Å². The van der Waals surface area contributed by atoms with E-state index in [2.05, 4.69) is 0 Å². The molecule has 0 unspecified atom stereocenters. The van der Waals surface area contributed by atoms with E-state index in [1.54, 1.807) is 24.3 Å². The van der Waals surface area contributed by atoms with Gasteiger partial charge in [0.15, 0.2) is 6.10 Å². The number of ether oxygens (including phenoxy) is 1. The van der Waals surface area contributed by atoms with Gasteiger partial charge in [-0.3, -0.25) is 14.9 Å². The molecule has 0 N–H and O–H groups in total. The predicted molar refractivity (Wildman–Crippen MR) is 78.7 cm³/mol. The lowest BCUT2D eigenvalue weighted by atomic mass is 10.1. The van der Waals surface area contributed by atoms with E-state index in [9.17, 15) is 19.3 Å². The Kier molecular flexibility index (Phi) is 4.50. The van der Waals surface area contributed by atoms with Crippen molar-refractivity contribution in [2.24, 2.45) is 0 Å². The highest BCUT2D eigenvalue weighted by molar-refractivity contribution is 5.99. The molecule has 2 rings (SSSR count). The van der Waals surface area contributed by atoms with Crippen molar-refractivity contribution in [3.63, 3.8) is 0 Å². The van der Waals surface area contributed by atoms with Crippen LogP contribution in [0.25, 0.3) is 0 Å². The Bertz CT molecular complexity index is 713. The maximum Gasteiger partial charge on any atom is 0.311 e. The minimum Gasteiger partial charge on any atom is -0.475 e.